The Labute approximate surface area is 76.1 Å². The average Bonchev–Trinajstić information content (AvgIpc) is 2.18. The van der Waals surface area contributed by atoms with Crippen molar-refractivity contribution >= 4 is 16.9 Å². The zero-order chi connectivity index (χ0) is 9.10. The number of rotatable bonds is 2. The molecule has 0 saturated heterocycles. The summed E-state index contributed by atoms with van der Waals surface area (Å²) in [5, 5.41) is 3.88. The SMILES string of the molecule is C=CNc1ncc2ccccc2n1. The van der Waals surface area contributed by atoms with Crippen molar-refractivity contribution in [1.82, 2.24) is 9.97 Å². The predicted molar refractivity (Wildman–Crippen MR) is 53.4 cm³/mol. The van der Waals surface area contributed by atoms with Crippen LogP contribution in [0.4, 0.5) is 5.95 Å². The fraction of sp³-hybridized carbons (Fsp3) is 0. The molecule has 0 fully saturated rings. The molecule has 0 aliphatic rings. The largest absolute Gasteiger partial charge is 0.331 e. The van der Waals surface area contributed by atoms with Gasteiger partial charge in [0.15, 0.2) is 0 Å². The maximum absolute atomic E-state index is 4.27. The lowest BCUT2D eigenvalue weighted by Crippen LogP contribution is -1.94. The van der Waals surface area contributed by atoms with Gasteiger partial charge in [-0.15, -0.1) is 0 Å². The van der Waals surface area contributed by atoms with Gasteiger partial charge in [0, 0.05) is 11.6 Å². The van der Waals surface area contributed by atoms with Crippen molar-refractivity contribution in [3.05, 3.63) is 43.2 Å². The Balaban J connectivity index is 2.55. The van der Waals surface area contributed by atoms with E-state index >= 15 is 0 Å². The molecular weight excluding hydrogens is 162 g/mol. The maximum Gasteiger partial charge on any atom is 0.227 e. The Morgan fingerprint density at radius 1 is 1.31 bits per heavy atom. The van der Waals surface area contributed by atoms with E-state index < -0.39 is 0 Å². The van der Waals surface area contributed by atoms with Gasteiger partial charge in [0.25, 0.3) is 0 Å². The molecule has 0 aliphatic heterocycles. The minimum absolute atomic E-state index is 0.578. The number of nitrogens with one attached hydrogen (secondary N) is 1. The van der Waals surface area contributed by atoms with Crippen LogP contribution in [0.15, 0.2) is 43.2 Å². The van der Waals surface area contributed by atoms with Gasteiger partial charge in [-0.05, 0) is 12.3 Å². The number of nitrogens with zero attached hydrogens (tertiary/aromatic N) is 2. The van der Waals surface area contributed by atoms with Crippen LogP contribution in [0.3, 0.4) is 0 Å². The smallest absolute Gasteiger partial charge is 0.227 e. The third-order valence-electron chi connectivity index (χ3n) is 1.72. The molecule has 0 saturated carbocycles. The van der Waals surface area contributed by atoms with Gasteiger partial charge in [0.2, 0.25) is 5.95 Å². The highest BCUT2D eigenvalue weighted by molar-refractivity contribution is 5.78. The summed E-state index contributed by atoms with van der Waals surface area (Å²) in [6.07, 6.45) is 3.35. The van der Waals surface area contributed by atoms with Gasteiger partial charge in [-0.3, -0.25) is 0 Å². The second-order valence-electron chi connectivity index (χ2n) is 2.60. The summed E-state index contributed by atoms with van der Waals surface area (Å²) in [7, 11) is 0. The van der Waals surface area contributed by atoms with Gasteiger partial charge in [0.1, 0.15) is 0 Å². The van der Waals surface area contributed by atoms with Crippen molar-refractivity contribution in [2.24, 2.45) is 0 Å². The number of hydrogen-bond donors (Lipinski definition) is 1. The van der Waals surface area contributed by atoms with Gasteiger partial charge in [-0.2, -0.15) is 0 Å². The average molecular weight is 171 g/mol. The molecule has 0 atom stereocenters. The predicted octanol–water partition coefficient (Wildman–Crippen LogP) is 2.19. The van der Waals surface area contributed by atoms with Crippen molar-refractivity contribution < 1.29 is 0 Å². The molecule has 0 spiro atoms. The van der Waals surface area contributed by atoms with E-state index in [0.29, 0.717) is 5.95 Å². The minimum Gasteiger partial charge on any atom is -0.331 e. The van der Waals surface area contributed by atoms with Crippen LogP contribution in [0, 0.1) is 0 Å². The Kier molecular flexibility index (Phi) is 1.92. The summed E-state index contributed by atoms with van der Waals surface area (Å²) in [6, 6.07) is 7.84. The van der Waals surface area contributed by atoms with Crippen LogP contribution in [0.1, 0.15) is 0 Å². The summed E-state index contributed by atoms with van der Waals surface area (Å²) in [5.74, 6) is 0.578. The molecule has 2 aromatic rings. The Morgan fingerprint density at radius 2 is 2.15 bits per heavy atom. The van der Waals surface area contributed by atoms with E-state index in [1.165, 1.54) is 0 Å². The van der Waals surface area contributed by atoms with E-state index in [-0.39, 0.29) is 0 Å². The normalized spacial score (nSPS) is 9.85. The van der Waals surface area contributed by atoms with Gasteiger partial charge in [0.05, 0.1) is 5.52 Å². The molecule has 1 heterocycles. The fourth-order valence-corrected chi connectivity index (χ4v) is 1.13. The zero-order valence-corrected chi connectivity index (χ0v) is 7.07. The summed E-state index contributed by atoms with van der Waals surface area (Å²) in [6.45, 7) is 3.54. The fourth-order valence-electron chi connectivity index (χ4n) is 1.13. The first-order valence-electron chi connectivity index (χ1n) is 3.99. The highest BCUT2D eigenvalue weighted by Gasteiger charge is 1.95. The standard InChI is InChI=1S/C10H9N3/c1-2-11-10-12-7-8-5-3-4-6-9(8)13-10/h2-7H,1H2,(H,11,12,13). The molecule has 1 aromatic carbocycles. The third-order valence-corrected chi connectivity index (χ3v) is 1.72. The number of para-hydroxylation sites is 1. The van der Waals surface area contributed by atoms with Crippen molar-refractivity contribution in [3.8, 4) is 0 Å². The highest BCUT2D eigenvalue weighted by Crippen LogP contribution is 2.11. The molecule has 1 aromatic heterocycles. The first-order valence-corrected chi connectivity index (χ1v) is 3.99. The molecule has 0 aliphatic carbocycles. The molecule has 3 heteroatoms. The molecule has 64 valence electrons. The number of benzene rings is 1. The number of fused-ring (bicyclic) bond motifs is 1. The lowest BCUT2D eigenvalue weighted by Gasteiger charge is -1.99. The van der Waals surface area contributed by atoms with E-state index in [1.807, 2.05) is 24.3 Å². The molecule has 13 heavy (non-hydrogen) atoms. The maximum atomic E-state index is 4.27. The number of hydrogen-bond acceptors (Lipinski definition) is 3. The summed E-state index contributed by atoms with van der Waals surface area (Å²) < 4.78 is 0. The van der Waals surface area contributed by atoms with Gasteiger partial charge in [-0.25, -0.2) is 9.97 Å². The van der Waals surface area contributed by atoms with Crippen molar-refractivity contribution in [1.29, 1.82) is 0 Å². The molecular formula is C10H9N3. The van der Waals surface area contributed by atoms with Crippen LogP contribution in [0.2, 0.25) is 0 Å². The highest BCUT2D eigenvalue weighted by atomic mass is 15.1. The van der Waals surface area contributed by atoms with Crippen molar-refractivity contribution in [2.75, 3.05) is 5.32 Å². The molecule has 0 unspecified atom stereocenters. The first kappa shape index (κ1) is 7.73. The zero-order valence-electron chi connectivity index (χ0n) is 7.07. The van der Waals surface area contributed by atoms with Gasteiger partial charge in [-0.1, -0.05) is 24.8 Å². The second kappa shape index (κ2) is 3.23. The lowest BCUT2D eigenvalue weighted by molar-refractivity contribution is 1.21. The molecule has 0 bridgehead atoms. The van der Waals surface area contributed by atoms with Crippen molar-refractivity contribution in [2.45, 2.75) is 0 Å². The van der Waals surface area contributed by atoms with Crippen LogP contribution >= 0.6 is 0 Å². The van der Waals surface area contributed by atoms with E-state index in [0.717, 1.165) is 10.9 Å². The molecule has 0 amide bonds. The Bertz CT molecular complexity index is 437. The number of anilines is 1. The van der Waals surface area contributed by atoms with E-state index in [1.54, 1.807) is 12.4 Å². The van der Waals surface area contributed by atoms with E-state index in [4.69, 9.17) is 0 Å². The third kappa shape index (κ3) is 1.49. The van der Waals surface area contributed by atoms with Crippen LogP contribution < -0.4 is 5.32 Å². The van der Waals surface area contributed by atoms with Crippen LogP contribution in [-0.2, 0) is 0 Å². The first-order chi connectivity index (χ1) is 6.40. The van der Waals surface area contributed by atoms with Gasteiger partial charge < -0.3 is 5.32 Å². The molecule has 0 radical (unpaired) electrons. The minimum atomic E-state index is 0.578. The summed E-state index contributed by atoms with van der Waals surface area (Å²) >= 11 is 0. The summed E-state index contributed by atoms with van der Waals surface area (Å²) in [4.78, 5) is 8.37. The van der Waals surface area contributed by atoms with Crippen molar-refractivity contribution in [3.63, 3.8) is 0 Å². The number of aromatic nitrogens is 2. The Morgan fingerprint density at radius 3 is 3.00 bits per heavy atom. The monoisotopic (exact) mass is 171 g/mol. The van der Waals surface area contributed by atoms with E-state index in [2.05, 4.69) is 21.9 Å². The van der Waals surface area contributed by atoms with Crippen LogP contribution in [0.25, 0.3) is 10.9 Å². The second-order valence-corrected chi connectivity index (χ2v) is 2.60. The Hall–Kier alpha value is -1.90. The topological polar surface area (TPSA) is 37.8 Å². The molecule has 3 nitrogen and oxygen atoms in total. The quantitative estimate of drug-likeness (QED) is 0.752. The summed E-state index contributed by atoms with van der Waals surface area (Å²) in [5.41, 5.74) is 0.932. The van der Waals surface area contributed by atoms with Crippen LogP contribution in [-0.4, -0.2) is 9.97 Å². The lowest BCUT2D eigenvalue weighted by atomic mass is 10.2. The van der Waals surface area contributed by atoms with Crippen LogP contribution in [0.5, 0.6) is 0 Å². The van der Waals surface area contributed by atoms with Gasteiger partial charge >= 0.3 is 0 Å². The molecule has 2 rings (SSSR count). The molecule has 1 N–H and O–H groups in total. The van der Waals surface area contributed by atoms with E-state index in [9.17, 15) is 0 Å².